The minimum atomic E-state index is -0.264. The number of nitrogens with zero attached hydrogens (tertiary/aromatic N) is 4. The maximum absolute atomic E-state index is 12.4. The number of rotatable bonds is 3. The maximum Gasteiger partial charge on any atom is 0.261 e. The molecule has 8 nitrogen and oxygen atoms in total. The number of ether oxygens (including phenoxy) is 1. The van der Waals surface area contributed by atoms with E-state index in [0.29, 0.717) is 47.6 Å². The van der Waals surface area contributed by atoms with Crippen molar-refractivity contribution in [1.29, 1.82) is 10.5 Å². The SMILES string of the molecule is N#Cc1ccc(Nc2nn(C3COCCC3C#N)c3cc[nH]c(=O)c23)cc1. The molecule has 0 saturated carbocycles. The largest absolute Gasteiger partial charge is 0.379 e. The molecule has 1 aromatic carbocycles. The van der Waals surface area contributed by atoms with E-state index in [9.17, 15) is 10.1 Å². The van der Waals surface area contributed by atoms with E-state index in [2.05, 4.69) is 27.5 Å². The van der Waals surface area contributed by atoms with Gasteiger partial charge in [-0.3, -0.25) is 9.48 Å². The van der Waals surface area contributed by atoms with Crippen LogP contribution in [0.2, 0.25) is 0 Å². The van der Waals surface area contributed by atoms with Crippen LogP contribution in [-0.4, -0.2) is 28.0 Å². The Kier molecular flexibility index (Phi) is 4.33. The zero-order chi connectivity index (χ0) is 18.8. The molecule has 27 heavy (non-hydrogen) atoms. The van der Waals surface area contributed by atoms with Gasteiger partial charge in [0, 0.05) is 18.5 Å². The van der Waals surface area contributed by atoms with Gasteiger partial charge in [0.05, 0.1) is 41.8 Å². The highest BCUT2D eigenvalue weighted by Crippen LogP contribution is 2.31. The van der Waals surface area contributed by atoms with E-state index >= 15 is 0 Å². The van der Waals surface area contributed by atoms with Crippen molar-refractivity contribution in [2.75, 3.05) is 18.5 Å². The Balaban J connectivity index is 1.80. The van der Waals surface area contributed by atoms with Crippen LogP contribution in [-0.2, 0) is 4.74 Å². The quantitative estimate of drug-likeness (QED) is 0.740. The number of hydrogen-bond acceptors (Lipinski definition) is 6. The Hall–Kier alpha value is -3.62. The molecule has 1 aliphatic rings. The third-order valence-corrected chi connectivity index (χ3v) is 4.71. The summed E-state index contributed by atoms with van der Waals surface area (Å²) in [6.07, 6.45) is 2.20. The highest BCUT2D eigenvalue weighted by molar-refractivity contribution is 5.91. The molecule has 3 heterocycles. The number of pyridine rings is 1. The number of nitriles is 2. The van der Waals surface area contributed by atoms with Crippen LogP contribution in [0.3, 0.4) is 0 Å². The van der Waals surface area contributed by atoms with Gasteiger partial charge in [0.2, 0.25) is 0 Å². The molecule has 0 bridgehead atoms. The van der Waals surface area contributed by atoms with Gasteiger partial charge in [-0.05, 0) is 36.8 Å². The average Bonchev–Trinajstić information content (AvgIpc) is 3.08. The second-order valence-electron chi connectivity index (χ2n) is 6.34. The number of aromatic nitrogens is 3. The molecule has 1 fully saturated rings. The van der Waals surface area contributed by atoms with Gasteiger partial charge in [-0.25, -0.2) is 0 Å². The highest BCUT2D eigenvalue weighted by Gasteiger charge is 2.30. The first-order valence-electron chi connectivity index (χ1n) is 8.55. The number of nitrogens with one attached hydrogen (secondary N) is 2. The monoisotopic (exact) mass is 360 g/mol. The molecule has 2 aromatic heterocycles. The van der Waals surface area contributed by atoms with Crippen LogP contribution in [0.15, 0.2) is 41.3 Å². The van der Waals surface area contributed by atoms with Crippen molar-refractivity contribution in [3.05, 3.63) is 52.4 Å². The summed E-state index contributed by atoms with van der Waals surface area (Å²) in [5.74, 6) is 0.169. The van der Waals surface area contributed by atoms with Crippen LogP contribution < -0.4 is 10.9 Å². The van der Waals surface area contributed by atoms with Gasteiger partial charge in [-0.2, -0.15) is 15.6 Å². The fourth-order valence-corrected chi connectivity index (χ4v) is 3.32. The summed E-state index contributed by atoms with van der Waals surface area (Å²) in [6.45, 7) is 0.920. The zero-order valence-corrected chi connectivity index (χ0v) is 14.3. The molecule has 0 radical (unpaired) electrons. The van der Waals surface area contributed by atoms with E-state index in [-0.39, 0.29) is 17.5 Å². The summed E-state index contributed by atoms with van der Waals surface area (Å²) in [7, 11) is 0. The van der Waals surface area contributed by atoms with Crippen molar-refractivity contribution in [2.24, 2.45) is 5.92 Å². The van der Waals surface area contributed by atoms with E-state index < -0.39 is 0 Å². The van der Waals surface area contributed by atoms with Gasteiger partial charge < -0.3 is 15.0 Å². The lowest BCUT2D eigenvalue weighted by Gasteiger charge is -2.27. The molecule has 0 amide bonds. The first-order chi connectivity index (χ1) is 13.2. The molecule has 2 atom stereocenters. The summed E-state index contributed by atoms with van der Waals surface area (Å²) < 4.78 is 7.26. The smallest absolute Gasteiger partial charge is 0.261 e. The van der Waals surface area contributed by atoms with E-state index in [0.717, 1.165) is 0 Å². The number of fused-ring (bicyclic) bond motifs is 1. The lowest BCUT2D eigenvalue weighted by Crippen LogP contribution is -2.30. The fourth-order valence-electron chi connectivity index (χ4n) is 3.32. The van der Waals surface area contributed by atoms with Crippen LogP contribution in [0.5, 0.6) is 0 Å². The van der Waals surface area contributed by atoms with Crippen molar-refractivity contribution in [2.45, 2.75) is 12.5 Å². The molecule has 1 saturated heterocycles. The molecular formula is C19H16N6O2. The first-order valence-corrected chi connectivity index (χ1v) is 8.55. The van der Waals surface area contributed by atoms with Crippen molar-refractivity contribution in [3.8, 4) is 12.1 Å². The van der Waals surface area contributed by atoms with Crippen LogP contribution >= 0.6 is 0 Å². The second-order valence-corrected chi connectivity index (χ2v) is 6.34. The van der Waals surface area contributed by atoms with Gasteiger partial charge in [-0.1, -0.05) is 0 Å². The Bertz CT molecular complexity index is 1120. The summed E-state index contributed by atoms with van der Waals surface area (Å²) in [4.78, 5) is 15.1. The molecule has 2 unspecified atom stereocenters. The molecule has 2 N–H and O–H groups in total. The molecule has 134 valence electrons. The van der Waals surface area contributed by atoms with Gasteiger partial charge in [0.1, 0.15) is 5.39 Å². The van der Waals surface area contributed by atoms with Gasteiger partial charge in [0.25, 0.3) is 5.56 Å². The van der Waals surface area contributed by atoms with Crippen LogP contribution in [0, 0.1) is 28.6 Å². The lowest BCUT2D eigenvalue weighted by molar-refractivity contribution is 0.0359. The number of hydrogen-bond donors (Lipinski definition) is 2. The minimum absolute atomic E-state index is 0.233. The van der Waals surface area contributed by atoms with Gasteiger partial charge in [-0.15, -0.1) is 0 Å². The normalized spacial score (nSPS) is 19.3. The highest BCUT2D eigenvalue weighted by atomic mass is 16.5. The van der Waals surface area contributed by atoms with Crippen LogP contribution in [0.1, 0.15) is 18.0 Å². The lowest BCUT2D eigenvalue weighted by atomic mass is 9.96. The van der Waals surface area contributed by atoms with Crippen molar-refractivity contribution in [3.63, 3.8) is 0 Å². The summed E-state index contributed by atoms with van der Waals surface area (Å²) in [5, 5.41) is 26.6. The van der Waals surface area contributed by atoms with Crippen molar-refractivity contribution in [1.82, 2.24) is 14.8 Å². The predicted octanol–water partition coefficient (Wildman–Crippen LogP) is 2.44. The zero-order valence-electron chi connectivity index (χ0n) is 14.3. The Morgan fingerprint density at radius 1 is 1.26 bits per heavy atom. The molecular weight excluding hydrogens is 344 g/mol. The Morgan fingerprint density at radius 3 is 2.81 bits per heavy atom. The molecule has 3 aromatic rings. The van der Waals surface area contributed by atoms with E-state index in [1.54, 1.807) is 41.2 Å². The number of aromatic amines is 1. The first kappa shape index (κ1) is 16.8. The third-order valence-electron chi connectivity index (χ3n) is 4.71. The summed E-state index contributed by atoms with van der Waals surface area (Å²) in [5.41, 5.74) is 1.64. The third kappa shape index (κ3) is 3.03. The molecule has 1 aliphatic heterocycles. The summed E-state index contributed by atoms with van der Waals surface area (Å²) >= 11 is 0. The van der Waals surface area contributed by atoms with E-state index in [1.807, 2.05) is 0 Å². The molecule has 4 rings (SSSR count). The topological polar surface area (TPSA) is 120 Å². The number of anilines is 2. The fraction of sp³-hybridized carbons (Fsp3) is 0.263. The van der Waals surface area contributed by atoms with Crippen molar-refractivity contribution >= 4 is 22.4 Å². The van der Waals surface area contributed by atoms with E-state index in [4.69, 9.17) is 10.00 Å². The van der Waals surface area contributed by atoms with Gasteiger partial charge in [0.15, 0.2) is 5.82 Å². The molecule has 0 spiro atoms. The predicted molar refractivity (Wildman–Crippen MR) is 98.4 cm³/mol. The molecule has 0 aliphatic carbocycles. The Morgan fingerprint density at radius 2 is 2.07 bits per heavy atom. The van der Waals surface area contributed by atoms with Crippen LogP contribution in [0.4, 0.5) is 11.5 Å². The number of benzene rings is 1. The summed E-state index contributed by atoms with van der Waals surface area (Å²) in [6, 6.07) is 12.8. The molecule has 8 heteroatoms. The van der Waals surface area contributed by atoms with E-state index in [1.165, 1.54) is 0 Å². The Labute approximate surface area is 154 Å². The minimum Gasteiger partial charge on any atom is -0.379 e. The second kappa shape index (κ2) is 6.94. The maximum atomic E-state index is 12.4. The standard InChI is InChI=1S/C19H16N6O2/c20-9-12-1-3-14(4-2-12)23-18-17-15(5-7-22-19(17)26)25(24-18)16-11-27-8-6-13(16)10-21/h1-5,7,13,16H,6,8,11H2,(H,22,26)(H,23,24). The average molecular weight is 360 g/mol. The number of H-pyrrole nitrogens is 1. The van der Waals surface area contributed by atoms with Crippen molar-refractivity contribution < 1.29 is 4.74 Å². The van der Waals surface area contributed by atoms with Crippen LogP contribution in [0.25, 0.3) is 10.9 Å². The van der Waals surface area contributed by atoms with Gasteiger partial charge >= 0.3 is 0 Å².